The molecule has 3 nitrogen and oxygen atoms in total. The van der Waals surface area contributed by atoms with Crippen molar-refractivity contribution in [2.24, 2.45) is 0 Å². The highest BCUT2D eigenvalue weighted by Gasteiger charge is 2.24. The van der Waals surface area contributed by atoms with Crippen molar-refractivity contribution in [2.45, 2.75) is 20.0 Å². The van der Waals surface area contributed by atoms with Crippen LogP contribution in [0.2, 0.25) is 0 Å². The summed E-state index contributed by atoms with van der Waals surface area (Å²) in [6.07, 6.45) is 3.48. The van der Waals surface area contributed by atoms with E-state index in [1.54, 1.807) is 6.92 Å². The van der Waals surface area contributed by atoms with Crippen molar-refractivity contribution in [3.05, 3.63) is 29.8 Å². The van der Waals surface area contributed by atoms with Crippen molar-refractivity contribution >= 4 is 17.7 Å². The number of nitrogens with one attached hydrogen (secondary N) is 1. The molecule has 1 aliphatic rings. The number of hydrogen-bond donors (Lipinski definition) is 1. The Labute approximate surface area is 88.8 Å². The molecule has 0 aliphatic carbocycles. The van der Waals surface area contributed by atoms with Crippen LogP contribution >= 0.6 is 0 Å². The van der Waals surface area contributed by atoms with Gasteiger partial charge in [-0.15, -0.1) is 0 Å². The molecule has 0 aromatic heterocycles. The standard InChI is InChI=1S/C12H13NO2/c1-3-5-9-6-4-7-10-11(9)15-8(2)12(14)13-10/h3-8H,1-2H3,(H,13,14)/b5-3-. The van der Waals surface area contributed by atoms with Gasteiger partial charge in [-0.05, 0) is 19.9 Å². The van der Waals surface area contributed by atoms with E-state index in [4.69, 9.17) is 4.74 Å². The third kappa shape index (κ3) is 1.73. The fourth-order valence-corrected chi connectivity index (χ4v) is 1.56. The largest absolute Gasteiger partial charge is 0.478 e. The van der Waals surface area contributed by atoms with E-state index in [1.807, 2.05) is 37.3 Å². The Balaban J connectivity index is 2.47. The molecule has 0 bridgehead atoms. The van der Waals surface area contributed by atoms with Gasteiger partial charge in [0, 0.05) is 5.56 Å². The average molecular weight is 203 g/mol. The molecule has 0 saturated carbocycles. The SMILES string of the molecule is C/C=C\c1cccc2c1OC(C)C(=O)N2. The molecule has 2 rings (SSSR count). The molecular formula is C12H13NO2. The molecule has 1 unspecified atom stereocenters. The lowest BCUT2D eigenvalue weighted by Gasteiger charge is -2.24. The molecule has 1 N–H and O–H groups in total. The summed E-state index contributed by atoms with van der Waals surface area (Å²) in [7, 11) is 0. The number of fused-ring (bicyclic) bond motifs is 1. The van der Waals surface area contributed by atoms with E-state index in [2.05, 4.69) is 5.32 Å². The summed E-state index contributed by atoms with van der Waals surface area (Å²) in [5.74, 6) is 0.655. The molecule has 0 radical (unpaired) electrons. The first-order chi connectivity index (χ1) is 7.22. The first kappa shape index (κ1) is 9.77. The number of amides is 1. The minimum Gasteiger partial charge on any atom is -0.478 e. The molecular weight excluding hydrogens is 190 g/mol. The van der Waals surface area contributed by atoms with E-state index < -0.39 is 6.10 Å². The maximum Gasteiger partial charge on any atom is 0.265 e. The van der Waals surface area contributed by atoms with Crippen molar-refractivity contribution in [1.82, 2.24) is 0 Å². The predicted octanol–water partition coefficient (Wildman–Crippen LogP) is 2.44. The lowest BCUT2D eigenvalue weighted by Crippen LogP contribution is -2.34. The molecule has 1 aromatic carbocycles. The highest BCUT2D eigenvalue weighted by molar-refractivity contribution is 5.98. The number of para-hydroxylation sites is 1. The third-order valence-corrected chi connectivity index (χ3v) is 2.31. The monoisotopic (exact) mass is 203 g/mol. The van der Waals surface area contributed by atoms with Crippen LogP contribution in [0.4, 0.5) is 5.69 Å². The van der Waals surface area contributed by atoms with E-state index >= 15 is 0 Å². The summed E-state index contributed by atoms with van der Waals surface area (Å²) in [6.45, 7) is 3.69. The average Bonchev–Trinajstić information content (AvgIpc) is 2.21. The lowest BCUT2D eigenvalue weighted by molar-refractivity contribution is -0.122. The Morgan fingerprint density at radius 3 is 3.00 bits per heavy atom. The van der Waals surface area contributed by atoms with Crippen LogP contribution < -0.4 is 10.1 Å². The quantitative estimate of drug-likeness (QED) is 0.761. The number of carbonyl (C=O) groups excluding carboxylic acids is 1. The second kappa shape index (κ2) is 3.77. The van der Waals surface area contributed by atoms with Gasteiger partial charge in [0.2, 0.25) is 0 Å². The van der Waals surface area contributed by atoms with Crippen LogP contribution in [-0.2, 0) is 4.79 Å². The van der Waals surface area contributed by atoms with Crippen LogP contribution in [0.3, 0.4) is 0 Å². The number of benzene rings is 1. The van der Waals surface area contributed by atoms with Gasteiger partial charge in [-0.3, -0.25) is 4.79 Å². The van der Waals surface area contributed by atoms with Crippen LogP contribution in [0.1, 0.15) is 19.4 Å². The molecule has 1 amide bonds. The van der Waals surface area contributed by atoms with Crippen molar-refractivity contribution in [1.29, 1.82) is 0 Å². The van der Waals surface area contributed by atoms with Gasteiger partial charge in [0.05, 0.1) is 5.69 Å². The van der Waals surface area contributed by atoms with Crippen LogP contribution in [0.5, 0.6) is 5.75 Å². The van der Waals surface area contributed by atoms with E-state index in [0.29, 0.717) is 0 Å². The molecule has 0 spiro atoms. The third-order valence-electron chi connectivity index (χ3n) is 2.31. The van der Waals surface area contributed by atoms with E-state index in [1.165, 1.54) is 0 Å². The van der Waals surface area contributed by atoms with Crippen molar-refractivity contribution < 1.29 is 9.53 Å². The molecule has 0 fully saturated rings. The van der Waals surface area contributed by atoms with Crippen molar-refractivity contribution in [2.75, 3.05) is 5.32 Å². The zero-order chi connectivity index (χ0) is 10.8. The zero-order valence-electron chi connectivity index (χ0n) is 8.78. The Kier molecular flexibility index (Phi) is 2.46. The topological polar surface area (TPSA) is 38.3 Å². The number of allylic oxidation sites excluding steroid dienone is 1. The molecule has 0 saturated heterocycles. The van der Waals surface area contributed by atoms with Gasteiger partial charge in [0.1, 0.15) is 0 Å². The zero-order valence-corrected chi connectivity index (χ0v) is 8.78. The highest BCUT2D eigenvalue weighted by Crippen LogP contribution is 2.33. The Morgan fingerprint density at radius 1 is 1.47 bits per heavy atom. The Morgan fingerprint density at radius 2 is 2.27 bits per heavy atom. The Hall–Kier alpha value is -1.77. The van der Waals surface area contributed by atoms with Crippen LogP contribution in [0.25, 0.3) is 6.08 Å². The molecule has 1 heterocycles. The molecule has 1 atom stereocenters. The number of ether oxygens (including phenoxy) is 1. The highest BCUT2D eigenvalue weighted by atomic mass is 16.5. The van der Waals surface area contributed by atoms with Gasteiger partial charge in [0.25, 0.3) is 5.91 Å². The first-order valence-corrected chi connectivity index (χ1v) is 4.95. The smallest absolute Gasteiger partial charge is 0.265 e. The molecule has 15 heavy (non-hydrogen) atoms. The van der Waals surface area contributed by atoms with Crippen molar-refractivity contribution in [3.8, 4) is 5.75 Å². The van der Waals surface area contributed by atoms with Gasteiger partial charge >= 0.3 is 0 Å². The molecule has 3 heteroatoms. The summed E-state index contributed by atoms with van der Waals surface area (Å²) in [4.78, 5) is 11.4. The van der Waals surface area contributed by atoms with Gasteiger partial charge in [-0.25, -0.2) is 0 Å². The second-order valence-electron chi connectivity index (χ2n) is 3.47. The molecule has 78 valence electrons. The van der Waals surface area contributed by atoms with E-state index in [9.17, 15) is 4.79 Å². The number of anilines is 1. The fraction of sp³-hybridized carbons (Fsp3) is 0.250. The maximum atomic E-state index is 11.4. The van der Waals surface area contributed by atoms with Gasteiger partial charge in [-0.1, -0.05) is 24.3 Å². The second-order valence-corrected chi connectivity index (χ2v) is 3.47. The number of rotatable bonds is 1. The van der Waals surface area contributed by atoms with E-state index in [-0.39, 0.29) is 5.91 Å². The summed E-state index contributed by atoms with van der Waals surface area (Å²) in [6, 6.07) is 5.70. The number of hydrogen-bond acceptors (Lipinski definition) is 2. The van der Waals surface area contributed by atoms with Crippen LogP contribution in [-0.4, -0.2) is 12.0 Å². The van der Waals surface area contributed by atoms with Gasteiger partial charge < -0.3 is 10.1 Å². The minimum absolute atomic E-state index is 0.0971. The summed E-state index contributed by atoms with van der Waals surface area (Å²) < 4.78 is 5.56. The van der Waals surface area contributed by atoms with E-state index in [0.717, 1.165) is 17.0 Å². The summed E-state index contributed by atoms with van der Waals surface area (Å²) >= 11 is 0. The van der Waals surface area contributed by atoms with Crippen LogP contribution in [0, 0.1) is 0 Å². The molecule has 1 aromatic rings. The maximum absolute atomic E-state index is 11.4. The molecule has 1 aliphatic heterocycles. The summed E-state index contributed by atoms with van der Waals surface area (Å²) in [5.41, 5.74) is 1.73. The number of carbonyl (C=O) groups is 1. The van der Waals surface area contributed by atoms with Gasteiger partial charge in [-0.2, -0.15) is 0 Å². The minimum atomic E-state index is -0.427. The normalized spacial score (nSPS) is 19.6. The first-order valence-electron chi connectivity index (χ1n) is 4.95. The predicted molar refractivity (Wildman–Crippen MR) is 59.9 cm³/mol. The van der Waals surface area contributed by atoms with Gasteiger partial charge in [0.15, 0.2) is 11.9 Å². The fourth-order valence-electron chi connectivity index (χ4n) is 1.56. The van der Waals surface area contributed by atoms with Crippen LogP contribution in [0.15, 0.2) is 24.3 Å². The summed E-state index contributed by atoms with van der Waals surface area (Å²) in [5, 5.41) is 2.81. The Bertz CT molecular complexity index is 424. The lowest BCUT2D eigenvalue weighted by atomic mass is 10.1. The van der Waals surface area contributed by atoms with Crippen molar-refractivity contribution in [3.63, 3.8) is 0 Å².